The van der Waals surface area contributed by atoms with Gasteiger partial charge in [-0.3, -0.25) is 4.68 Å². The lowest BCUT2D eigenvalue weighted by Crippen LogP contribution is -2.30. The lowest BCUT2D eigenvalue weighted by atomic mass is 9.93. The number of hydrogen-bond donors (Lipinski definition) is 1. The normalized spacial score (nSPS) is 20.2. The van der Waals surface area contributed by atoms with Crippen molar-refractivity contribution < 1.29 is 4.74 Å². The molecule has 1 fully saturated rings. The Hall–Kier alpha value is -2.60. The van der Waals surface area contributed by atoms with Crippen LogP contribution in [-0.2, 0) is 18.3 Å². The van der Waals surface area contributed by atoms with Gasteiger partial charge in [0.2, 0.25) is 0 Å². The van der Waals surface area contributed by atoms with Gasteiger partial charge in [0.25, 0.3) is 0 Å². The van der Waals surface area contributed by atoms with Gasteiger partial charge in [0.05, 0.1) is 18.4 Å². The summed E-state index contributed by atoms with van der Waals surface area (Å²) in [7, 11) is 2.03. The van der Waals surface area contributed by atoms with E-state index in [0.29, 0.717) is 5.92 Å². The molecule has 2 aromatic heterocycles. The molecule has 1 aliphatic rings. The van der Waals surface area contributed by atoms with Crippen LogP contribution < -0.4 is 5.32 Å². The van der Waals surface area contributed by atoms with Gasteiger partial charge in [-0.2, -0.15) is 5.10 Å². The Morgan fingerprint density at radius 2 is 2.15 bits per heavy atom. The summed E-state index contributed by atoms with van der Waals surface area (Å²) < 4.78 is 10.1. The Morgan fingerprint density at radius 3 is 2.96 bits per heavy atom. The molecule has 0 amide bonds. The van der Waals surface area contributed by atoms with Gasteiger partial charge in [0.1, 0.15) is 11.9 Å². The summed E-state index contributed by atoms with van der Waals surface area (Å²) in [5.41, 5.74) is 2.29. The Morgan fingerprint density at radius 1 is 1.27 bits per heavy atom. The fourth-order valence-electron chi connectivity index (χ4n) is 3.55. The zero-order valence-corrected chi connectivity index (χ0v) is 15.1. The second-order valence-electron chi connectivity index (χ2n) is 6.88. The molecule has 1 N–H and O–H groups in total. The SMILES string of the molecule is Cn1ccnc1[C@@H]1OCCC[C@H]1CNc1cnn(Cc2ccccc2)c1. The number of ether oxygens (including phenoxy) is 1. The third-order valence-corrected chi connectivity index (χ3v) is 4.95. The molecule has 0 radical (unpaired) electrons. The fourth-order valence-corrected chi connectivity index (χ4v) is 3.55. The Balaban J connectivity index is 1.38. The highest BCUT2D eigenvalue weighted by Crippen LogP contribution is 2.32. The zero-order valence-electron chi connectivity index (χ0n) is 15.1. The number of imidazole rings is 1. The lowest BCUT2D eigenvalue weighted by Gasteiger charge is -2.31. The van der Waals surface area contributed by atoms with E-state index in [0.717, 1.165) is 44.0 Å². The lowest BCUT2D eigenvalue weighted by molar-refractivity contribution is -0.0304. The van der Waals surface area contributed by atoms with E-state index in [1.165, 1.54) is 5.56 Å². The number of nitrogens with zero attached hydrogens (tertiary/aromatic N) is 4. The molecular weight excluding hydrogens is 326 g/mol. The number of hydrogen-bond acceptors (Lipinski definition) is 4. The van der Waals surface area contributed by atoms with E-state index < -0.39 is 0 Å². The van der Waals surface area contributed by atoms with Gasteiger partial charge in [0.15, 0.2) is 0 Å². The van der Waals surface area contributed by atoms with E-state index in [9.17, 15) is 0 Å². The van der Waals surface area contributed by atoms with E-state index >= 15 is 0 Å². The topological polar surface area (TPSA) is 56.9 Å². The highest BCUT2D eigenvalue weighted by atomic mass is 16.5. The molecule has 6 heteroatoms. The van der Waals surface area contributed by atoms with Crippen molar-refractivity contribution in [3.8, 4) is 0 Å². The van der Waals surface area contributed by atoms with Crippen LogP contribution in [0.1, 0.15) is 30.3 Å². The quantitative estimate of drug-likeness (QED) is 0.741. The molecule has 136 valence electrons. The average Bonchev–Trinajstić information content (AvgIpc) is 3.30. The monoisotopic (exact) mass is 351 g/mol. The van der Waals surface area contributed by atoms with Crippen LogP contribution in [0.4, 0.5) is 5.69 Å². The Bertz CT molecular complexity index is 826. The van der Waals surface area contributed by atoms with Crippen molar-refractivity contribution in [3.05, 3.63) is 66.5 Å². The van der Waals surface area contributed by atoms with Crippen LogP contribution in [0.2, 0.25) is 0 Å². The van der Waals surface area contributed by atoms with E-state index in [1.807, 2.05) is 36.4 Å². The Labute approximate surface area is 153 Å². The first-order valence-electron chi connectivity index (χ1n) is 9.18. The van der Waals surface area contributed by atoms with Crippen molar-refractivity contribution in [1.82, 2.24) is 19.3 Å². The van der Waals surface area contributed by atoms with Crippen LogP contribution in [0.15, 0.2) is 55.1 Å². The van der Waals surface area contributed by atoms with Crippen LogP contribution >= 0.6 is 0 Å². The molecule has 1 aromatic carbocycles. The van der Waals surface area contributed by atoms with Gasteiger partial charge < -0.3 is 14.6 Å². The molecule has 3 aromatic rings. The molecule has 26 heavy (non-hydrogen) atoms. The van der Waals surface area contributed by atoms with Crippen molar-refractivity contribution in [2.24, 2.45) is 13.0 Å². The maximum atomic E-state index is 6.04. The smallest absolute Gasteiger partial charge is 0.138 e. The molecule has 0 unspecified atom stereocenters. The third kappa shape index (κ3) is 3.80. The van der Waals surface area contributed by atoms with Crippen molar-refractivity contribution in [3.63, 3.8) is 0 Å². The van der Waals surface area contributed by atoms with E-state index in [1.54, 1.807) is 0 Å². The van der Waals surface area contributed by atoms with E-state index in [-0.39, 0.29) is 6.10 Å². The van der Waals surface area contributed by atoms with Gasteiger partial charge in [0, 0.05) is 44.7 Å². The minimum atomic E-state index is 0.0515. The maximum Gasteiger partial charge on any atom is 0.138 e. The first-order valence-corrected chi connectivity index (χ1v) is 9.18. The van der Waals surface area contributed by atoms with Crippen molar-refractivity contribution in [2.45, 2.75) is 25.5 Å². The maximum absolute atomic E-state index is 6.04. The van der Waals surface area contributed by atoms with E-state index in [4.69, 9.17) is 4.74 Å². The van der Waals surface area contributed by atoms with Gasteiger partial charge >= 0.3 is 0 Å². The van der Waals surface area contributed by atoms with Gasteiger partial charge in [-0.25, -0.2) is 4.98 Å². The summed E-state index contributed by atoms with van der Waals surface area (Å²) in [6.07, 6.45) is 10.1. The molecule has 3 heterocycles. The van der Waals surface area contributed by atoms with Gasteiger partial charge in [-0.1, -0.05) is 30.3 Å². The second kappa shape index (κ2) is 7.74. The minimum absolute atomic E-state index is 0.0515. The van der Waals surface area contributed by atoms with Gasteiger partial charge in [-0.05, 0) is 18.4 Å². The highest BCUT2D eigenvalue weighted by molar-refractivity contribution is 5.38. The van der Waals surface area contributed by atoms with Crippen molar-refractivity contribution in [2.75, 3.05) is 18.5 Å². The number of nitrogens with one attached hydrogen (secondary N) is 1. The molecule has 0 saturated carbocycles. The number of aryl methyl sites for hydroxylation is 1. The number of rotatable bonds is 6. The first kappa shape index (κ1) is 16.8. The molecule has 0 bridgehead atoms. The summed E-state index contributed by atoms with van der Waals surface area (Å²) in [6, 6.07) is 10.4. The molecule has 1 aliphatic heterocycles. The van der Waals surface area contributed by atoms with Crippen LogP contribution in [0.5, 0.6) is 0 Å². The zero-order chi connectivity index (χ0) is 17.8. The molecule has 0 aliphatic carbocycles. The van der Waals surface area contributed by atoms with Crippen LogP contribution in [0.3, 0.4) is 0 Å². The fraction of sp³-hybridized carbons (Fsp3) is 0.400. The third-order valence-electron chi connectivity index (χ3n) is 4.95. The van der Waals surface area contributed by atoms with Crippen molar-refractivity contribution >= 4 is 5.69 Å². The predicted molar refractivity (Wildman–Crippen MR) is 101 cm³/mol. The largest absolute Gasteiger partial charge is 0.382 e. The summed E-state index contributed by atoms with van der Waals surface area (Å²) in [5, 5.41) is 8.00. The van der Waals surface area contributed by atoms with Crippen LogP contribution in [0.25, 0.3) is 0 Å². The van der Waals surface area contributed by atoms with Crippen LogP contribution in [0, 0.1) is 5.92 Å². The molecule has 4 rings (SSSR count). The highest BCUT2D eigenvalue weighted by Gasteiger charge is 2.30. The molecule has 0 spiro atoms. The summed E-state index contributed by atoms with van der Waals surface area (Å²) in [4.78, 5) is 4.49. The number of benzene rings is 1. The minimum Gasteiger partial charge on any atom is -0.382 e. The number of aromatic nitrogens is 4. The second-order valence-corrected chi connectivity index (χ2v) is 6.88. The average molecular weight is 351 g/mol. The summed E-state index contributed by atoms with van der Waals surface area (Å²) in [5.74, 6) is 1.42. The Kier molecular flexibility index (Phi) is 5.02. The number of anilines is 1. The molecule has 6 nitrogen and oxygen atoms in total. The first-order chi connectivity index (χ1) is 12.8. The predicted octanol–water partition coefficient (Wildman–Crippen LogP) is 3.24. The van der Waals surface area contributed by atoms with E-state index in [2.05, 4.69) is 50.4 Å². The standard InChI is InChI=1S/C20H25N5O/c1-24-10-9-21-20(24)19-17(8-5-11-26-19)12-22-18-13-23-25(15-18)14-16-6-3-2-4-7-16/h2-4,6-7,9-10,13,15,17,19,22H,5,8,11-12,14H2,1H3/t17-,19+/m0/s1. The van der Waals surface area contributed by atoms with Gasteiger partial charge in [-0.15, -0.1) is 0 Å². The molecule has 2 atom stereocenters. The summed E-state index contributed by atoms with van der Waals surface area (Å²) >= 11 is 0. The molecular formula is C20H25N5O. The molecule has 1 saturated heterocycles. The van der Waals surface area contributed by atoms with Crippen molar-refractivity contribution in [1.29, 1.82) is 0 Å². The summed E-state index contributed by atoms with van der Waals surface area (Å²) in [6.45, 7) is 2.45. The van der Waals surface area contributed by atoms with Crippen LogP contribution in [-0.4, -0.2) is 32.5 Å².